The molecule has 5 nitrogen and oxygen atoms in total. The van der Waals surface area contributed by atoms with Crippen LogP contribution in [0.2, 0.25) is 15.1 Å². The van der Waals surface area contributed by atoms with Crippen molar-refractivity contribution in [2.75, 3.05) is 30.3 Å². The van der Waals surface area contributed by atoms with Crippen LogP contribution in [0.15, 0.2) is 36.4 Å². The van der Waals surface area contributed by atoms with E-state index in [1.54, 1.807) is 35.2 Å². The summed E-state index contributed by atoms with van der Waals surface area (Å²) in [6.07, 6.45) is 0. The van der Waals surface area contributed by atoms with Crippen LogP contribution in [0.4, 0.5) is 11.4 Å². The lowest BCUT2D eigenvalue weighted by Crippen LogP contribution is -2.38. The number of nitrogens with one attached hydrogen (secondary N) is 2. The summed E-state index contributed by atoms with van der Waals surface area (Å²) in [5.41, 5.74) is 1.99. The third-order valence-corrected chi connectivity index (χ3v) is 4.66. The van der Waals surface area contributed by atoms with Crippen LogP contribution in [0.5, 0.6) is 0 Å². The Morgan fingerprint density at radius 1 is 0.889 bits per heavy atom. The van der Waals surface area contributed by atoms with Crippen LogP contribution in [0.3, 0.4) is 0 Å². The highest BCUT2D eigenvalue weighted by atomic mass is 35.5. The first-order valence-electron chi connectivity index (χ1n) is 8.31. The van der Waals surface area contributed by atoms with Gasteiger partial charge in [0, 0.05) is 15.7 Å². The molecule has 2 N–H and O–H groups in total. The van der Waals surface area contributed by atoms with Gasteiger partial charge in [-0.25, -0.2) is 0 Å². The standard InChI is InChI=1S/C19H20Cl3N3O2/c1-3-25(10-18(26)23-16-8-13(20)5-4-12(16)2)11-19(27)24-17-9-14(21)6-7-15(17)22/h4-9H,3,10-11H2,1-2H3,(H,23,26)(H,24,27). The number of carbonyl (C=O) groups excluding carboxylic acids is 2. The van der Waals surface area contributed by atoms with Crippen molar-refractivity contribution in [2.24, 2.45) is 0 Å². The second kappa shape index (κ2) is 9.95. The summed E-state index contributed by atoms with van der Waals surface area (Å²) in [7, 11) is 0. The van der Waals surface area contributed by atoms with Crippen molar-refractivity contribution in [2.45, 2.75) is 13.8 Å². The Bertz CT molecular complexity index is 775. The number of aryl methyl sites for hydroxylation is 1. The van der Waals surface area contributed by atoms with E-state index in [1.165, 1.54) is 0 Å². The summed E-state index contributed by atoms with van der Waals surface area (Å²) >= 11 is 17.9. The molecule has 0 aromatic heterocycles. The summed E-state index contributed by atoms with van der Waals surface area (Å²) in [6, 6.07) is 10.1. The van der Waals surface area contributed by atoms with Crippen LogP contribution in [0, 0.1) is 6.92 Å². The lowest BCUT2D eigenvalue weighted by molar-refractivity contribution is -0.119. The third kappa shape index (κ3) is 6.70. The van der Waals surface area contributed by atoms with Crippen molar-refractivity contribution in [1.29, 1.82) is 0 Å². The van der Waals surface area contributed by atoms with Gasteiger partial charge in [-0.2, -0.15) is 0 Å². The Morgan fingerprint density at radius 2 is 1.41 bits per heavy atom. The average Bonchev–Trinajstić information content (AvgIpc) is 2.60. The summed E-state index contributed by atoms with van der Waals surface area (Å²) in [6.45, 7) is 4.39. The first-order valence-corrected chi connectivity index (χ1v) is 9.45. The molecule has 2 aromatic carbocycles. The Balaban J connectivity index is 1.94. The molecule has 2 amide bonds. The van der Waals surface area contributed by atoms with Crippen LogP contribution in [-0.4, -0.2) is 36.3 Å². The molecule has 0 radical (unpaired) electrons. The minimum atomic E-state index is -0.284. The fraction of sp³-hybridized carbons (Fsp3) is 0.263. The maximum absolute atomic E-state index is 12.3. The van der Waals surface area contributed by atoms with Crippen molar-refractivity contribution in [3.8, 4) is 0 Å². The first kappa shape index (κ1) is 21.5. The summed E-state index contributed by atoms with van der Waals surface area (Å²) < 4.78 is 0. The van der Waals surface area contributed by atoms with Gasteiger partial charge in [-0.3, -0.25) is 14.5 Å². The van der Waals surface area contributed by atoms with Gasteiger partial charge in [0.25, 0.3) is 0 Å². The molecule has 0 heterocycles. The predicted molar refractivity (Wildman–Crippen MR) is 112 cm³/mol. The number of amides is 2. The SMILES string of the molecule is CCN(CC(=O)Nc1cc(Cl)ccc1C)CC(=O)Nc1cc(Cl)ccc1Cl. The van der Waals surface area contributed by atoms with Gasteiger partial charge in [0.15, 0.2) is 0 Å². The second-order valence-corrected chi connectivity index (χ2v) is 7.26. The first-order chi connectivity index (χ1) is 12.8. The number of carbonyl (C=O) groups is 2. The van der Waals surface area contributed by atoms with Crippen LogP contribution >= 0.6 is 34.8 Å². The molecular formula is C19H20Cl3N3O2. The molecule has 0 atom stereocenters. The van der Waals surface area contributed by atoms with E-state index in [0.29, 0.717) is 33.0 Å². The number of hydrogen-bond donors (Lipinski definition) is 2. The molecule has 0 saturated carbocycles. The Labute approximate surface area is 173 Å². The Hall–Kier alpha value is -1.79. The maximum atomic E-state index is 12.3. The van der Waals surface area contributed by atoms with Crippen molar-refractivity contribution in [3.05, 3.63) is 57.0 Å². The van der Waals surface area contributed by atoms with Gasteiger partial charge in [0.2, 0.25) is 11.8 Å². The Kier molecular flexibility index (Phi) is 7.92. The van der Waals surface area contributed by atoms with Crippen molar-refractivity contribution < 1.29 is 9.59 Å². The smallest absolute Gasteiger partial charge is 0.238 e. The Morgan fingerprint density at radius 3 is 2.00 bits per heavy atom. The van der Waals surface area contributed by atoms with Crippen LogP contribution in [0.25, 0.3) is 0 Å². The van der Waals surface area contributed by atoms with Gasteiger partial charge < -0.3 is 10.6 Å². The van der Waals surface area contributed by atoms with Crippen LogP contribution < -0.4 is 10.6 Å². The number of nitrogens with zero attached hydrogens (tertiary/aromatic N) is 1. The molecule has 0 saturated heterocycles. The van der Waals surface area contributed by atoms with E-state index >= 15 is 0 Å². The van der Waals surface area contributed by atoms with Gasteiger partial charge in [0.1, 0.15) is 0 Å². The number of halogens is 3. The van der Waals surface area contributed by atoms with Gasteiger partial charge >= 0.3 is 0 Å². The minimum absolute atomic E-state index is 0.0429. The van der Waals surface area contributed by atoms with Crippen LogP contribution in [-0.2, 0) is 9.59 Å². The van der Waals surface area contributed by atoms with Gasteiger partial charge in [-0.1, -0.05) is 47.8 Å². The van der Waals surface area contributed by atoms with E-state index in [4.69, 9.17) is 34.8 Å². The van der Waals surface area contributed by atoms with E-state index in [0.717, 1.165) is 5.56 Å². The topological polar surface area (TPSA) is 61.4 Å². The molecule has 0 bridgehead atoms. The van der Waals surface area contributed by atoms with E-state index in [-0.39, 0.29) is 24.9 Å². The molecule has 0 aliphatic rings. The highest BCUT2D eigenvalue weighted by molar-refractivity contribution is 6.35. The summed E-state index contributed by atoms with van der Waals surface area (Å²) in [5.74, 6) is -0.511. The van der Waals surface area contributed by atoms with E-state index in [1.807, 2.05) is 19.9 Å². The van der Waals surface area contributed by atoms with Crippen molar-refractivity contribution in [3.63, 3.8) is 0 Å². The second-order valence-electron chi connectivity index (χ2n) is 5.98. The molecular weight excluding hydrogens is 409 g/mol. The normalized spacial score (nSPS) is 10.7. The summed E-state index contributed by atoms with van der Waals surface area (Å²) in [5, 5.41) is 6.94. The molecule has 2 aromatic rings. The molecule has 8 heteroatoms. The average molecular weight is 429 g/mol. The monoisotopic (exact) mass is 427 g/mol. The van der Waals surface area contributed by atoms with Gasteiger partial charge in [0.05, 0.1) is 23.8 Å². The number of likely N-dealkylation sites (N-methyl/N-ethyl adjacent to an activating group) is 1. The van der Waals surface area contributed by atoms with Crippen molar-refractivity contribution in [1.82, 2.24) is 4.90 Å². The number of hydrogen-bond acceptors (Lipinski definition) is 3. The highest BCUT2D eigenvalue weighted by Gasteiger charge is 2.15. The van der Waals surface area contributed by atoms with Crippen molar-refractivity contribution >= 4 is 58.0 Å². The summed E-state index contributed by atoms with van der Waals surface area (Å²) in [4.78, 5) is 26.3. The van der Waals surface area contributed by atoms with E-state index in [9.17, 15) is 9.59 Å². The number of anilines is 2. The fourth-order valence-electron chi connectivity index (χ4n) is 2.39. The molecule has 0 aliphatic heterocycles. The van der Waals surface area contributed by atoms with E-state index in [2.05, 4.69) is 10.6 Å². The van der Waals surface area contributed by atoms with Crippen LogP contribution in [0.1, 0.15) is 12.5 Å². The molecule has 0 unspecified atom stereocenters. The molecule has 2 rings (SSSR count). The molecule has 0 fully saturated rings. The van der Waals surface area contributed by atoms with E-state index < -0.39 is 0 Å². The maximum Gasteiger partial charge on any atom is 0.238 e. The lowest BCUT2D eigenvalue weighted by atomic mass is 10.2. The van der Waals surface area contributed by atoms with Gasteiger partial charge in [-0.05, 0) is 49.4 Å². The largest absolute Gasteiger partial charge is 0.325 e. The third-order valence-electron chi connectivity index (χ3n) is 3.86. The van der Waals surface area contributed by atoms with Gasteiger partial charge in [-0.15, -0.1) is 0 Å². The molecule has 0 spiro atoms. The predicted octanol–water partition coefficient (Wildman–Crippen LogP) is 4.85. The zero-order valence-corrected chi connectivity index (χ0v) is 17.3. The fourth-order valence-corrected chi connectivity index (χ4v) is 2.90. The molecule has 0 aliphatic carbocycles. The lowest BCUT2D eigenvalue weighted by Gasteiger charge is -2.20. The molecule has 144 valence electrons. The highest BCUT2D eigenvalue weighted by Crippen LogP contribution is 2.25. The number of benzene rings is 2. The minimum Gasteiger partial charge on any atom is -0.325 e. The zero-order valence-electron chi connectivity index (χ0n) is 15.0. The molecule has 27 heavy (non-hydrogen) atoms. The quantitative estimate of drug-likeness (QED) is 0.662. The number of rotatable bonds is 7. The zero-order chi connectivity index (χ0) is 20.0.